The van der Waals surface area contributed by atoms with E-state index in [9.17, 15) is 4.79 Å². The summed E-state index contributed by atoms with van der Waals surface area (Å²) in [6.07, 6.45) is 3.97. The lowest BCUT2D eigenvalue weighted by Crippen LogP contribution is -2.42. The summed E-state index contributed by atoms with van der Waals surface area (Å²) in [5.41, 5.74) is 1.98. The summed E-state index contributed by atoms with van der Waals surface area (Å²) < 4.78 is 0. The first-order valence-electron chi connectivity index (χ1n) is 10.8. The molecular formula is C23H34IN5OS. The Balaban J connectivity index is 0.00000341. The van der Waals surface area contributed by atoms with E-state index >= 15 is 0 Å². The number of likely N-dealkylation sites (tertiary alicyclic amines) is 1. The van der Waals surface area contributed by atoms with E-state index in [0.717, 1.165) is 43.3 Å². The van der Waals surface area contributed by atoms with Crippen LogP contribution >= 0.6 is 35.3 Å². The van der Waals surface area contributed by atoms with Gasteiger partial charge in [0.05, 0.1) is 6.04 Å². The number of carbonyl (C=O) groups excluding carboxylic acids is 1. The third-order valence-electron chi connectivity index (χ3n) is 5.31. The van der Waals surface area contributed by atoms with Gasteiger partial charge in [-0.1, -0.05) is 25.1 Å². The molecular weight excluding hydrogens is 521 g/mol. The van der Waals surface area contributed by atoms with Crippen molar-refractivity contribution in [2.75, 3.05) is 32.0 Å². The molecule has 0 saturated carbocycles. The number of halogens is 1. The van der Waals surface area contributed by atoms with Crippen molar-refractivity contribution in [1.82, 2.24) is 15.5 Å². The van der Waals surface area contributed by atoms with Gasteiger partial charge in [-0.15, -0.1) is 35.3 Å². The molecule has 1 aromatic heterocycles. The second-order valence-corrected chi connectivity index (χ2v) is 8.56. The maximum Gasteiger partial charge on any atom is 0.224 e. The SMILES string of the molecule is CCCC(=O)Nc1ccc(CNC(=NC)NCC(c2cccs2)N2CCCC2)cc1.I. The van der Waals surface area contributed by atoms with Crippen LogP contribution in [0, 0.1) is 0 Å². The lowest BCUT2D eigenvalue weighted by molar-refractivity contribution is -0.116. The molecule has 0 radical (unpaired) electrons. The maximum atomic E-state index is 11.7. The zero-order valence-corrected chi connectivity index (χ0v) is 21.5. The summed E-state index contributed by atoms with van der Waals surface area (Å²) >= 11 is 1.82. The van der Waals surface area contributed by atoms with E-state index < -0.39 is 0 Å². The van der Waals surface area contributed by atoms with E-state index in [2.05, 4.69) is 43.4 Å². The Hall–Kier alpha value is -1.65. The Morgan fingerprint density at radius 1 is 1.16 bits per heavy atom. The van der Waals surface area contributed by atoms with E-state index in [1.807, 2.05) is 42.5 Å². The van der Waals surface area contributed by atoms with Gasteiger partial charge in [-0.05, 0) is 61.5 Å². The number of hydrogen-bond donors (Lipinski definition) is 3. The number of aliphatic imine (C=N–C) groups is 1. The van der Waals surface area contributed by atoms with Crippen LogP contribution in [0.2, 0.25) is 0 Å². The molecule has 2 heterocycles. The zero-order chi connectivity index (χ0) is 21.2. The Labute approximate surface area is 206 Å². The number of amides is 1. The molecule has 3 N–H and O–H groups in total. The van der Waals surface area contributed by atoms with Crippen LogP contribution in [0.15, 0.2) is 46.8 Å². The summed E-state index contributed by atoms with van der Waals surface area (Å²) in [6, 6.07) is 12.7. The van der Waals surface area contributed by atoms with E-state index in [1.165, 1.54) is 17.7 Å². The fraction of sp³-hybridized carbons (Fsp3) is 0.478. The smallest absolute Gasteiger partial charge is 0.224 e. The fourth-order valence-electron chi connectivity index (χ4n) is 3.70. The average molecular weight is 556 g/mol. The minimum absolute atomic E-state index is 0. The first kappa shape index (κ1) is 25.6. The third kappa shape index (κ3) is 8.08. The molecule has 170 valence electrons. The van der Waals surface area contributed by atoms with Crippen molar-refractivity contribution < 1.29 is 4.79 Å². The van der Waals surface area contributed by atoms with Gasteiger partial charge in [0.1, 0.15) is 0 Å². The molecule has 8 heteroatoms. The van der Waals surface area contributed by atoms with E-state index in [0.29, 0.717) is 19.0 Å². The van der Waals surface area contributed by atoms with Crippen molar-refractivity contribution in [3.8, 4) is 0 Å². The quantitative estimate of drug-likeness (QED) is 0.240. The monoisotopic (exact) mass is 555 g/mol. The van der Waals surface area contributed by atoms with Crippen molar-refractivity contribution in [3.63, 3.8) is 0 Å². The Morgan fingerprint density at radius 3 is 2.52 bits per heavy atom. The highest BCUT2D eigenvalue weighted by molar-refractivity contribution is 14.0. The number of guanidine groups is 1. The second kappa shape index (κ2) is 13.7. The molecule has 1 aliphatic heterocycles. The molecule has 31 heavy (non-hydrogen) atoms. The molecule has 1 aromatic carbocycles. The van der Waals surface area contributed by atoms with Crippen molar-refractivity contribution >= 4 is 52.9 Å². The normalized spacial score (nSPS) is 15.2. The Bertz CT molecular complexity index is 804. The first-order chi connectivity index (χ1) is 14.7. The van der Waals surface area contributed by atoms with Crippen LogP contribution in [-0.2, 0) is 11.3 Å². The van der Waals surface area contributed by atoms with Gasteiger partial charge in [0.15, 0.2) is 5.96 Å². The number of anilines is 1. The van der Waals surface area contributed by atoms with E-state index in [4.69, 9.17) is 0 Å². The molecule has 1 aliphatic rings. The molecule has 1 amide bonds. The fourth-order valence-corrected chi connectivity index (χ4v) is 4.56. The summed E-state index contributed by atoms with van der Waals surface area (Å²) in [7, 11) is 1.80. The number of nitrogens with one attached hydrogen (secondary N) is 3. The van der Waals surface area contributed by atoms with Gasteiger partial charge in [0.2, 0.25) is 5.91 Å². The zero-order valence-electron chi connectivity index (χ0n) is 18.4. The summed E-state index contributed by atoms with van der Waals surface area (Å²) in [5, 5.41) is 12.0. The van der Waals surface area contributed by atoms with Crippen LogP contribution in [0.5, 0.6) is 0 Å². The van der Waals surface area contributed by atoms with Crippen molar-refractivity contribution in [2.24, 2.45) is 4.99 Å². The molecule has 6 nitrogen and oxygen atoms in total. The number of carbonyl (C=O) groups is 1. The standard InChI is InChI=1S/C23H33N5OS.HI/c1-3-7-22(29)27-19-11-9-18(10-12-19)16-25-23(24-2)26-17-20(21-8-6-15-30-21)28-13-4-5-14-28;/h6,8-12,15,20H,3-5,7,13-14,16-17H2,1-2H3,(H,27,29)(H2,24,25,26);1H. The third-order valence-corrected chi connectivity index (χ3v) is 6.29. The predicted octanol–water partition coefficient (Wildman–Crippen LogP) is 4.61. The second-order valence-electron chi connectivity index (χ2n) is 7.58. The molecule has 0 bridgehead atoms. The minimum Gasteiger partial charge on any atom is -0.354 e. The van der Waals surface area contributed by atoms with Gasteiger partial charge in [-0.3, -0.25) is 14.7 Å². The predicted molar refractivity (Wildman–Crippen MR) is 141 cm³/mol. The van der Waals surface area contributed by atoms with Gasteiger partial charge in [0.25, 0.3) is 0 Å². The van der Waals surface area contributed by atoms with Gasteiger partial charge in [-0.25, -0.2) is 0 Å². The average Bonchev–Trinajstić information content (AvgIpc) is 3.47. The van der Waals surface area contributed by atoms with Gasteiger partial charge >= 0.3 is 0 Å². The molecule has 0 aliphatic carbocycles. The molecule has 1 atom stereocenters. The van der Waals surface area contributed by atoms with Crippen molar-refractivity contribution in [2.45, 2.75) is 45.2 Å². The highest BCUT2D eigenvalue weighted by atomic mass is 127. The number of benzene rings is 1. The molecule has 3 rings (SSSR count). The topological polar surface area (TPSA) is 68.8 Å². The summed E-state index contributed by atoms with van der Waals surface area (Å²) in [4.78, 5) is 20.1. The number of hydrogen-bond acceptors (Lipinski definition) is 4. The van der Waals surface area contributed by atoms with Gasteiger partial charge in [0, 0.05) is 37.1 Å². The van der Waals surface area contributed by atoms with Crippen LogP contribution in [0.1, 0.15) is 49.1 Å². The lowest BCUT2D eigenvalue weighted by atomic mass is 10.2. The van der Waals surface area contributed by atoms with Crippen LogP contribution in [0.4, 0.5) is 5.69 Å². The van der Waals surface area contributed by atoms with Crippen LogP contribution in [0.25, 0.3) is 0 Å². The van der Waals surface area contributed by atoms with Gasteiger partial charge < -0.3 is 16.0 Å². The lowest BCUT2D eigenvalue weighted by Gasteiger charge is -2.27. The highest BCUT2D eigenvalue weighted by Gasteiger charge is 2.24. The summed E-state index contributed by atoms with van der Waals surface area (Å²) in [5.74, 6) is 0.863. The molecule has 1 fully saturated rings. The Kier molecular flexibility index (Phi) is 11.3. The van der Waals surface area contributed by atoms with Gasteiger partial charge in [-0.2, -0.15) is 0 Å². The molecule has 1 saturated heterocycles. The Morgan fingerprint density at radius 2 is 1.90 bits per heavy atom. The maximum absolute atomic E-state index is 11.7. The van der Waals surface area contributed by atoms with Crippen LogP contribution in [-0.4, -0.2) is 43.4 Å². The number of thiophene rings is 1. The molecule has 0 spiro atoms. The van der Waals surface area contributed by atoms with E-state index in [1.54, 1.807) is 7.05 Å². The summed E-state index contributed by atoms with van der Waals surface area (Å²) in [6.45, 7) is 5.84. The minimum atomic E-state index is 0. The van der Waals surface area contributed by atoms with Crippen LogP contribution < -0.4 is 16.0 Å². The molecule has 1 unspecified atom stereocenters. The number of rotatable bonds is 9. The largest absolute Gasteiger partial charge is 0.354 e. The number of nitrogens with zero attached hydrogens (tertiary/aromatic N) is 2. The van der Waals surface area contributed by atoms with E-state index in [-0.39, 0.29) is 29.9 Å². The highest BCUT2D eigenvalue weighted by Crippen LogP contribution is 2.27. The van der Waals surface area contributed by atoms with Crippen LogP contribution in [0.3, 0.4) is 0 Å². The van der Waals surface area contributed by atoms with Crippen molar-refractivity contribution in [1.29, 1.82) is 0 Å². The first-order valence-corrected chi connectivity index (χ1v) is 11.7. The molecule has 2 aromatic rings. The van der Waals surface area contributed by atoms with Crippen molar-refractivity contribution in [3.05, 3.63) is 52.2 Å².